The Balaban J connectivity index is 1.99. The molecule has 3 heteroatoms. The fourth-order valence-corrected chi connectivity index (χ4v) is 2.67. The van der Waals surface area contributed by atoms with E-state index in [0.717, 1.165) is 17.1 Å². The smallest absolute Gasteiger partial charge is 0.0544 e. The van der Waals surface area contributed by atoms with Gasteiger partial charge in [-0.1, -0.05) is 13.3 Å². The summed E-state index contributed by atoms with van der Waals surface area (Å²) in [4.78, 5) is 7.04. The maximum Gasteiger partial charge on any atom is 0.0544 e. The van der Waals surface area contributed by atoms with Gasteiger partial charge in [-0.3, -0.25) is 9.88 Å². The average Bonchev–Trinajstić information content (AvgIpc) is 2.33. The second-order valence-corrected chi connectivity index (χ2v) is 5.41. The molecule has 0 spiro atoms. The van der Waals surface area contributed by atoms with Crippen molar-refractivity contribution in [2.24, 2.45) is 0 Å². The summed E-state index contributed by atoms with van der Waals surface area (Å²) in [6, 6.07) is 4.96. The number of hydrogen-bond acceptors (Lipinski definition) is 2. The number of likely N-dealkylation sites (tertiary alicyclic amines) is 1. The van der Waals surface area contributed by atoms with Crippen LogP contribution >= 0.6 is 15.9 Å². The minimum absolute atomic E-state index is 0.763. The summed E-state index contributed by atoms with van der Waals surface area (Å²) in [5, 5.41) is 0. The first-order valence-electron chi connectivity index (χ1n) is 6.14. The maximum atomic E-state index is 4.45. The lowest BCUT2D eigenvalue weighted by atomic mass is 10.00. The predicted molar refractivity (Wildman–Crippen MR) is 70.3 cm³/mol. The second-order valence-electron chi connectivity index (χ2n) is 4.50. The first-order valence-corrected chi connectivity index (χ1v) is 6.93. The van der Waals surface area contributed by atoms with Gasteiger partial charge in [0.25, 0.3) is 0 Å². The van der Waals surface area contributed by atoms with Crippen molar-refractivity contribution < 1.29 is 0 Å². The number of halogens is 1. The minimum atomic E-state index is 0.763. The van der Waals surface area contributed by atoms with Crippen LogP contribution < -0.4 is 0 Å². The van der Waals surface area contributed by atoms with E-state index < -0.39 is 0 Å². The molecule has 1 aromatic heterocycles. The Morgan fingerprint density at radius 2 is 2.31 bits per heavy atom. The molecule has 88 valence electrons. The zero-order chi connectivity index (χ0) is 11.4. The van der Waals surface area contributed by atoms with Gasteiger partial charge in [0.1, 0.15) is 0 Å². The maximum absolute atomic E-state index is 4.45. The molecule has 1 aromatic rings. The Morgan fingerprint density at radius 3 is 3.00 bits per heavy atom. The van der Waals surface area contributed by atoms with Crippen LogP contribution in [0.25, 0.3) is 0 Å². The first kappa shape index (κ1) is 12.1. The van der Waals surface area contributed by atoms with E-state index in [1.807, 2.05) is 6.20 Å². The molecular weight excluding hydrogens is 264 g/mol. The van der Waals surface area contributed by atoms with Crippen molar-refractivity contribution in [1.82, 2.24) is 9.88 Å². The zero-order valence-electron chi connectivity index (χ0n) is 9.82. The van der Waals surface area contributed by atoms with Crippen molar-refractivity contribution in [3.63, 3.8) is 0 Å². The summed E-state index contributed by atoms with van der Waals surface area (Å²) in [6.45, 7) is 4.53. The van der Waals surface area contributed by atoms with Crippen molar-refractivity contribution in [3.05, 3.63) is 28.5 Å². The van der Waals surface area contributed by atoms with E-state index in [0.29, 0.717) is 0 Å². The largest absolute Gasteiger partial charge is 0.295 e. The van der Waals surface area contributed by atoms with Crippen molar-refractivity contribution in [2.75, 3.05) is 6.54 Å². The lowest BCUT2D eigenvalue weighted by molar-refractivity contribution is 0.134. The highest BCUT2D eigenvalue weighted by molar-refractivity contribution is 9.10. The molecule has 0 saturated carbocycles. The third-order valence-corrected chi connectivity index (χ3v) is 3.84. The van der Waals surface area contributed by atoms with Gasteiger partial charge in [0.2, 0.25) is 0 Å². The van der Waals surface area contributed by atoms with E-state index in [1.165, 1.54) is 37.9 Å². The fourth-order valence-electron chi connectivity index (χ4n) is 2.44. The monoisotopic (exact) mass is 282 g/mol. The van der Waals surface area contributed by atoms with Gasteiger partial charge in [0, 0.05) is 23.3 Å². The number of piperidine rings is 1. The van der Waals surface area contributed by atoms with Gasteiger partial charge in [-0.2, -0.15) is 0 Å². The molecule has 2 rings (SSSR count). The predicted octanol–water partition coefficient (Wildman–Crippen LogP) is 3.61. The zero-order valence-corrected chi connectivity index (χ0v) is 11.4. The van der Waals surface area contributed by atoms with Crippen LogP contribution in [0.15, 0.2) is 22.8 Å². The molecule has 0 amide bonds. The highest BCUT2D eigenvalue weighted by Crippen LogP contribution is 2.21. The molecule has 1 saturated heterocycles. The van der Waals surface area contributed by atoms with Gasteiger partial charge in [-0.25, -0.2) is 0 Å². The van der Waals surface area contributed by atoms with Crippen LogP contribution in [-0.2, 0) is 6.54 Å². The molecule has 2 heterocycles. The Labute approximate surface area is 106 Å². The summed E-state index contributed by atoms with van der Waals surface area (Å²) < 4.78 is 1.06. The van der Waals surface area contributed by atoms with Gasteiger partial charge in [0.05, 0.1) is 5.69 Å². The summed E-state index contributed by atoms with van der Waals surface area (Å²) in [6.07, 6.45) is 7.24. The third kappa shape index (κ3) is 3.05. The molecule has 1 fully saturated rings. The van der Waals surface area contributed by atoms with Crippen molar-refractivity contribution in [3.8, 4) is 0 Å². The van der Waals surface area contributed by atoms with Crippen molar-refractivity contribution >= 4 is 15.9 Å². The number of aromatic nitrogens is 1. The Hall–Kier alpha value is -0.410. The van der Waals surface area contributed by atoms with Crippen LogP contribution in [-0.4, -0.2) is 22.5 Å². The SMILES string of the molecule is CCC1CCCCN1Cc1ccc(Br)cn1. The van der Waals surface area contributed by atoms with E-state index in [4.69, 9.17) is 0 Å². The van der Waals surface area contributed by atoms with Gasteiger partial charge < -0.3 is 0 Å². The molecule has 1 aliphatic heterocycles. The van der Waals surface area contributed by atoms with E-state index >= 15 is 0 Å². The molecule has 0 aliphatic carbocycles. The number of rotatable bonds is 3. The van der Waals surface area contributed by atoms with Gasteiger partial charge >= 0.3 is 0 Å². The molecule has 1 aliphatic rings. The molecule has 0 radical (unpaired) electrons. The topological polar surface area (TPSA) is 16.1 Å². The summed E-state index contributed by atoms with van der Waals surface area (Å²) in [7, 11) is 0. The van der Waals surface area contributed by atoms with E-state index in [-0.39, 0.29) is 0 Å². The Kier molecular flexibility index (Phi) is 4.36. The molecule has 1 atom stereocenters. The minimum Gasteiger partial charge on any atom is -0.295 e. The highest BCUT2D eigenvalue weighted by atomic mass is 79.9. The van der Waals surface area contributed by atoms with Crippen LogP contribution in [0.1, 0.15) is 38.3 Å². The number of pyridine rings is 1. The Morgan fingerprint density at radius 1 is 1.44 bits per heavy atom. The van der Waals surface area contributed by atoms with Crippen LogP contribution in [0.5, 0.6) is 0 Å². The summed E-state index contributed by atoms with van der Waals surface area (Å²) >= 11 is 3.42. The fraction of sp³-hybridized carbons (Fsp3) is 0.615. The van der Waals surface area contributed by atoms with Crippen LogP contribution in [0.2, 0.25) is 0 Å². The van der Waals surface area contributed by atoms with Gasteiger partial charge in [0.15, 0.2) is 0 Å². The standard InChI is InChI=1S/C13H19BrN2/c1-2-13-5-3-4-8-16(13)10-12-7-6-11(14)9-15-12/h6-7,9,13H,2-5,8,10H2,1H3. The molecule has 2 nitrogen and oxygen atoms in total. The number of hydrogen-bond donors (Lipinski definition) is 0. The van der Waals surface area contributed by atoms with Crippen LogP contribution in [0.4, 0.5) is 0 Å². The molecule has 0 aromatic carbocycles. The van der Waals surface area contributed by atoms with E-state index in [2.05, 4.69) is 44.9 Å². The Bertz CT molecular complexity index is 323. The van der Waals surface area contributed by atoms with Gasteiger partial charge in [-0.05, 0) is 53.9 Å². The second kappa shape index (κ2) is 5.78. The lowest BCUT2D eigenvalue weighted by Gasteiger charge is -2.34. The van der Waals surface area contributed by atoms with Crippen molar-refractivity contribution in [2.45, 2.75) is 45.2 Å². The summed E-state index contributed by atoms with van der Waals surface area (Å²) in [5.41, 5.74) is 1.18. The summed E-state index contributed by atoms with van der Waals surface area (Å²) in [5.74, 6) is 0. The molecule has 1 unspecified atom stereocenters. The van der Waals surface area contributed by atoms with Crippen molar-refractivity contribution in [1.29, 1.82) is 0 Å². The van der Waals surface area contributed by atoms with Gasteiger partial charge in [-0.15, -0.1) is 0 Å². The normalized spacial score (nSPS) is 22.2. The van der Waals surface area contributed by atoms with Crippen LogP contribution in [0, 0.1) is 0 Å². The molecule has 16 heavy (non-hydrogen) atoms. The number of nitrogens with zero attached hydrogens (tertiary/aromatic N) is 2. The van der Waals surface area contributed by atoms with E-state index in [1.54, 1.807) is 0 Å². The van der Waals surface area contributed by atoms with E-state index in [9.17, 15) is 0 Å². The lowest BCUT2D eigenvalue weighted by Crippen LogP contribution is -2.38. The highest BCUT2D eigenvalue weighted by Gasteiger charge is 2.20. The average molecular weight is 283 g/mol. The quantitative estimate of drug-likeness (QED) is 0.842. The first-order chi connectivity index (χ1) is 7.79. The molecule has 0 N–H and O–H groups in total. The molecule has 0 bridgehead atoms. The molecular formula is C13H19BrN2. The third-order valence-electron chi connectivity index (χ3n) is 3.37. The van der Waals surface area contributed by atoms with Crippen LogP contribution in [0.3, 0.4) is 0 Å².